The summed E-state index contributed by atoms with van der Waals surface area (Å²) >= 11 is 6.42. The maximum Gasteiger partial charge on any atom is 0.135 e. The predicted molar refractivity (Wildman–Crippen MR) is 91.4 cm³/mol. The molecule has 0 fully saturated rings. The zero-order valence-corrected chi connectivity index (χ0v) is 14.6. The minimum Gasteiger partial charge on any atom is -0.206 e. The molecule has 1 aromatic carbocycles. The molecule has 0 saturated heterocycles. The number of unbranched alkanes of at least 4 members (excludes halogenated alkanes) is 1. The minimum absolute atomic E-state index is 0.0970. The van der Waals surface area contributed by atoms with Gasteiger partial charge >= 0.3 is 0 Å². The van der Waals surface area contributed by atoms with E-state index in [4.69, 9.17) is 0 Å². The largest absolute Gasteiger partial charge is 0.206 e. The summed E-state index contributed by atoms with van der Waals surface area (Å²) in [5, 5.41) is 0. The van der Waals surface area contributed by atoms with E-state index >= 15 is 0 Å². The molecule has 0 bridgehead atoms. The molecule has 0 spiro atoms. The molecule has 21 heavy (non-hydrogen) atoms. The lowest BCUT2D eigenvalue weighted by molar-refractivity contribution is 0.585. The summed E-state index contributed by atoms with van der Waals surface area (Å²) in [6.07, 6.45) is 2.68. The first-order valence-corrected chi connectivity index (χ1v) is 9.18. The summed E-state index contributed by atoms with van der Waals surface area (Å²) in [5.74, 6) is -0.928. The van der Waals surface area contributed by atoms with Crippen LogP contribution in [0, 0.1) is 11.6 Å². The van der Waals surface area contributed by atoms with Crippen LogP contribution in [0.25, 0.3) is 19.8 Å². The molecule has 2 aromatic heterocycles. The molecule has 0 aliphatic carbocycles. The van der Waals surface area contributed by atoms with Gasteiger partial charge in [-0.3, -0.25) is 0 Å². The highest BCUT2D eigenvalue weighted by Crippen LogP contribution is 2.41. The lowest BCUT2D eigenvalue weighted by atomic mass is 10.0. The zero-order chi connectivity index (χ0) is 15.0. The van der Waals surface area contributed by atoms with Crippen LogP contribution >= 0.6 is 38.6 Å². The van der Waals surface area contributed by atoms with Crippen LogP contribution in [-0.2, 0) is 6.42 Å². The van der Waals surface area contributed by atoms with Crippen LogP contribution in [0.4, 0.5) is 8.78 Å². The van der Waals surface area contributed by atoms with E-state index in [1.165, 1.54) is 23.5 Å². The van der Waals surface area contributed by atoms with Crippen molar-refractivity contribution in [3.63, 3.8) is 0 Å². The Kier molecular flexibility index (Phi) is 4.43. The Morgan fingerprint density at radius 1 is 1.00 bits per heavy atom. The monoisotopic (exact) mass is 386 g/mol. The Hall–Kier alpha value is -0.780. The Balaban J connectivity index is 2.02. The molecule has 0 radical (unpaired) electrons. The Morgan fingerprint density at radius 2 is 1.67 bits per heavy atom. The third kappa shape index (κ3) is 3.05. The van der Waals surface area contributed by atoms with Gasteiger partial charge in [0.05, 0.1) is 9.35 Å². The summed E-state index contributed by atoms with van der Waals surface area (Å²) in [6, 6.07) is 6.79. The summed E-state index contributed by atoms with van der Waals surface area (Å²) in [5.41, 5.74) is 0.830. The number of hydrogen-bond donors (Lipinski definition) is 0. The fourth-order valence-electron chi connectivity index (χ4n) is 2.32. The molecule has 0 aliphatic rings. The van der Waals surface area contributed by atoms with Crippen LogP contribution in [0.15, 0.2) is 28.1 Å². The van der Waals surface area contributed by atoms with Crippen LogP contribution < -0.4 is 0 Å². The normalized spacial score (nSPS) is 11.4. The van der Waals surface area contributed by atoms with Gasteiger partial charge in [-0.1, -0.05) is 13.3 Å². The molecule has 110 valence electrons. The maximum absolute atomic E-state index is 14.3. The SMILES string of the molecule is CCCCc1cc(F)c(-c2cc3sc(Br)cc3s2)c(F)c1. The van der Waals surface area contributed by atoms with Crippen molar-refractivity contribution in [3.05, 3.63) is 45.2 Å². The van der Waals surface area contributed by atoms with Crippen molar-refractivity contribution < 1.29 is 8.78 Å². The fourth-order valence-corrected chi connectivity index (χ4v) is 5.39. The molecule has 0 saturated carbocycles. The fraction of sp³-hybridized carbons (Fsp3) is 0.250. The topological polar surface area (TPSA) is 0 Å². The van der Waals surface area contributed by atoms with Crippen LogP contribution in [0.5, 0.6) is 0 Å². The molecule has 0 atom stereocenters. The smallest absolute Gasteiger partial charge is 0.135 e. The standard InChI is InChI=1S/C16H13BrF2S2/c1-2-3-4-9-5-10(18)16(11(19)6-9)14-7-12-13(20-14)8-15(17)21-12/h5-8H,2-4H2,1H3. The van der Waals surface area contributed by atoms with Crippen molar-refractivity contribution in [1.82, 2.24) is 0 Å². The highest BCUT2D eigenvalue weighted by Gasteiger charge is 2.16. The second kappa shape index (κ2) is 6.15. The Bertz CT molecular complexity index is 734. The molecule has 0 nitrogen and oxygen atoms in total. The number of rotatable bonds is 4. The van der Waals surface area contributed by atoms with Crippen LogP contribution in [-0.4, -0.2) is 0 Å². The third-order valence-electron chi connectivity index (χ3n) is 3.34. The third-order valence-corrected chi connectivity index (χ3v) is 6.16. The molecule has 0 amide bonds. The Labute approximate surface area is 138 Å². The molecule has 5 heteroatoms. The van der Waals surface area contributed by atoms with Gasteiger partial charge in [0, 0.05) is 14.3 Å². The van der Waals surface area contributed by atoms with E-state index in [2.05, 4.69) is 22.9 Å². The number of benzene rings is 1. The summed E-state index contributed by atoms with van der Waals surface area (Å²) in [7, 11) is 0. The first-order chi connectivity index (χ1) is 10.1. The number of hydrogen-bond acceptors (Lipinski definition) is 2. The summed E-state index contributed by atoms with van der Waals surface area (Å²) < 4.78 is 31.7. The van der Waals surface area contributed by atoms with Gasteiger partial charge in [-0.05, 0) is 58.6 Å². The van der Waals surface area contributed by atoms with Gasteiger partial charge in [0.1, 0.15) is 11.6 Å². The van der Waals surface area contributed by atoms with Gasteiger partial charge in [0.15, 0.2) is 0 Å². The molecule has 2 heterocycles. The second-order valence-corrected chi connectivity index (χ2v) is 8.47. The van der Waals surface area contributed by atoms with E-state index < -0.39 is 11.6 Å². The molecule has 0 unspecified atom stereocenters. The zero-order valence-electron chi connectivity index (χ0n) is 11.4. The van der Waals surface area contributed by atoms with E-state index in [-0.39, 0.29) is 5.56 Å². The average molecular weight is 387 g/mol. The van der Waals surface area contributed by atoms with E-state index in [9.17, 15) is 8.78 Å². The van der Waals surface area contributed by atoms with Gasteiger partial charge in [-0.2, -0.15) is 0 Å². The number of fused-ring (bicyclic) bond motifs is 1. The summed E-state index contributed by atoms with van der Waals surface area (Å²) in [6.45, 7) is 2.07. The van der Waals surface area contributed by atoms with E-state index in [0.717, 1.165) is 38.0 Å². The molecule has 0 aliphatic heterocycles. The van der Waals surface area contributed by atoms with Gasteiger partial charge in [-0.25, -0.2) is 8.78 Å². The lowest BCUT2D eigenvalue weighted by Gasteiger charge is -2.06. The van der Waals surface area contributed by atoms with Crippen LogP contribution in [0.1, 0.15) is 25.3 Å². The second-order valence-electron chi connectivity index (χ2n) is 4.93. The molecule has 3 rings (SSSR count). The number of halogens is 3. The van der Waals surface area contributed by atoms with Crippen molar-refractivity contribution in [1.29, 1.82) is 0 Å². The Morgan fingerprint density at radius 3 is 2.29 bits per heavy atom. The van der Waals surface area contributed by atoms with Crippen LogP contribution in [0.3, 0.4) is 0 Å². The van der Waals surface area contributed by atoms with E-state index in [1.54, 1.807) is 11.3 Å². The number of thiophene rings is 2. The number of aryl methyl sites for hydroxylation is 1. The van der Waals surface area contributed by atoms with E-state index in [1.807, 2.05) is 12.1 Å². The van der Waals surface area contributed by atoms with Gasteiger partial charge in [-0.15, -0.1) is 22.7 Å². The van der Waals surface area contributed by atoms with E-state index in [0.29, 0.717) is 4.88 Å². The highest BCUT2D eigenvalue weighted by atomic mass is 79.9. The van der Waals surface area contributed by atoms with Crippen molar-refractivity contribution in [2.45, 2.75) is 26.2 Å². The highest BCUT2D eigenvalue weighted by molar-refractivity contribution is 9.11. The van der Waals surface area contributed by atoms with Crippen LogP contribution in [0.2, 0.25) is 0 Å². The minimum atomic E-state index is -0.464. The molecule has 3 aromatic rings. The molecular formula is C16H13BrF2S2. The van der Waals surface area contributed by atoms with Crippen molar-refractivity contribution in [3.8, 4) is 10.4 Å². The average Bonchev–Trinajstić information content (AvgIpc) is 2.92. The van der Waals surface area contributed by atoms with Crippen molar-refractivity contribution >= 4 is 48.0 Å². The van der Waals surface area contributed by atoms with Gasteiger partial charge in [0.2, 0.25) is 0 Å². The quantitative estimate of drug-likeness (QED) is 0.452. The molecular weight excluding hydrogens is 374 g/mol. The maximum atomic E-state index is 14.3. The first kappa shape index (κ1) is 15.1. The predicted octanol–water partition coefficient (Wildman–Crippen LogP) is 7.01. The molecule has 0 N–H and O–H groups in total. The first-order valence-electron chi connectivity index (χ1n) is 6.75. The van der Waals surface area contributed by atoms with Crippen molar-refractivity contribution in [2.75, 3.05) is 0 Å². The van der Waals surface area contributed by atoms with Gasteiger partial charge < -0.3 is 0 Å². The van der Waals surface area contributed by atoms with Crippen molar-refractivity contribution in [2.24, 2.45) is 0 Å². The lowest BCUT2D eigenvalue weighted by Crippen LogP contribution is -1.93. The van der Waals surface area contributed by atoms with Gasteiger partial charge in [0.25, 0.3) is 0 Å². The summed E-state index contributed by atoms with van der Waals surface area (Å²) in [4.78, 5) is 0.654.